The van der Waals surface area contributed by atoms with Gasteiger partial charge < -0.3 is 19.8 Å². The van der Waals surface area contributed by atoms with E-state index in [-0.39, 0.29) is 50.8 Å². The molecule has 0 fully saturated rings. The van der Waals surface area contributed by atoms with Gasteiger partial charge in [0.2, 0.25) is 0 Å². The Hall–Kier alpha value is -0.920. The van der Waals surface area contributed by atoms with Crippen molar-refractivity contribution in [3.05, 3.63) is 48.6 Å². The summed E-state index contributed by atoms with van der Waals surface area (Å²) in [6.07, 6.45) is 46.8. The molecule has 4 unspecified atom stereocenters. The summed E-state index contributed by atoms with van der Waals surface area (Å²) in [4.78, 5) is 26.4. The molecule has 4 atom stereocenters. The van der Waals surface area contributed by atoms with E-state index in [1.807, 2.05) is 0 Å². The molecule has 0 aromatic heterocycles. The zero-order valence-electron chi connectivity index (χ0n) is 40.4. The van der Waals surface area contributed by atoms with Gasteiger partial charge in [0.05, 0.1) is 11.9 Å². The van der Waals surface area contributed by atoms with E-state index in [1.165, 1.54) is 103 Å². The van der Waals surface area contributed by atoms with Gasteiger partial charge in [-0.3, -0.25) is 9.80 Å². The van der Waals surface area contributed by atoms with Crippen molar-refractivity contribution in [2.24, 2.45) is 23.7 Å². The average Bonchev–Trinajstić information content (AvgIpc) is 3.19. The van der Waals surface area contributed by atoms with Gasteiger partial charge in [0, 0.05) is 13.1 Å². The maximum absolute atomic E-state index is 11.1. The number of rotatable bonds is 40. The van der Waals surface area contributed by atoms with E-state index < -0.39 is 11.9 Å². The van der Waals surface area contributed by atoms with Crippen LogP contribution in [0.3, 0.4) is 0 Å². The minimum atomic E-state index is -0.956. The number of hydrogen-bond acceptors (Lipinski definition) is 6. The summed E-state index contributed by atoms with van der Waals surface area (Å²) in [6, 6.07) is 0. The Morgan fingerprint density at radius 2 is 0.593 bits per heavy atom. The number of aliphatic carboxylic acids is 2. The number of carboxylic acids is 2. The molecule has 0 saturated heterocycles. The Kier molecular flexibility index (Phi) is 50.9. The van der Waals surface area contributed by atoms with E-state index in [0.29, 0.717) is 23.7 Å². The first-order chi connectivity index (χ1) is 28.0. The van der Waals surface area contributed by atoms with E-state index in [4.69, 9.17) is 0 Å². The molecule has 0 aromatic carbocycles. The maximum Gasteiger partial charge on any atom is 2.00 e. The van der Waals surface area contributed by atoms with E-state index in [0.717, 1.165) is 77.5 Å². The molecule has 0 aliphatic carbocycles. The normalized spacial score (nSPS) is 14.0. The number of carbonyl (C=O) groups excluding carboxylic acids is 2. The van der Waals surface area contributed by atoms with Gasteiger partial charge >= 0.3 is 37.7 Å². The van der Waals surface area contributed by atoms with E-state index in [1.54, 1.807) is 0 Å². The van der Waals surface area contributed by atoms with Gasteiger partial charge in [0.15, 0.2) is 0 Å². The third-order valence-electron chi connectivity index (χ3n) is 11.3. The van der Waals surface area contributed by atoms with Crippen LogP contribution in [0.1, 0.15) is 209 Å². The molecule has 0 N–H and O–H groups in total. The quantitative estimate of drug-likeness (QED) is 0.0347. The number of carboxylic acid groups (broad SMARTS) is 2. The largest absolute Gasteiger partial charge is 2.00 e. The third kappa shape index (κ3) is 49.6. The first kappa shape index (κ1) is 62.4. The number of hydrogen-bond donors (Lipinski definition) is 0. The van der Waals surface area contributed by atoms with Crippen LogP contribution in [0.4, 0.5) is 0 Å². The standard InChI is InChI=1S/2C26H49NO2.Ca/c2*1-5-7-9-11-13-15-17-24(3)19-21-27(23-26(28)29)22-20-25(4)18-16-14-12-10-8-6-2;/h2*11-14,24-25H,5-10,15-23H2,1-4H3,(H,28,29);/q;;+2/p-2/b2*13-11+,14-12+;. The van der Waals surface area contributed by atoms with Crippen LogP contribution < -0.4 is 10.2 Å². The summed E-state index contributed by atoms with van der Waals surface area (Å²) >= 11 is 0. The SMILES string of the molecule is CCCC/C=C/CCC(C)CCN(CCC(C)CC/C=C/CCCC)CC(=O)[O-].CCCC/C=C/CCC(C)CCN(CCC(C)CC/C=C/CCCC)CC(=O)[O-].[Ca+2]. The summed E-state index contributed by atoms with van der Waals surface area (Å²) in [5.41, 5.74) is 0. The van der Waals surface area contributed by atoms with Crippen molar-refractivity contribution in [2.45, 2.75) is 209 Å². The van der Waals surface area contributed by atoms with Crippen LogP contribution in [0.25, 0.3) is 0 Å². The van der Waals surface area contributed by atoms with Crippen molar-refractivity contribution in [3.8, 4) is 0 Å². The fourth-order valence-electron chi connectivity index (χ4n) is 6.85. The van der Waals surface area contributed by atoms with Crippen molar-refractivity contribution in [1.82, 2.24) is 9.80 Å². The van der Waals surface area contributed by atoms with Gasteiger partial charge in [-0.1, -0.05) is 155 Å². The smallest absolute Gasteiger partial charge is 0.549 e. The predicted octanol–water partition coefficient (Wildman–Crippen LogP) is 11.9. The molecule has 7 heteroatoms. The number of nitrogens with zero attached hydrogens (tertiary/aromatic N) is 2. The maximum atomic E-state index is 11.1. The Morgan fingerprint density at radius 3 is 0.780 bits per heavy atom. The second kappa shape index (κ2) is 48.1. The molecule has 0 radical (unpaired) electrons. The second-order valence-electron chi connectivity index (χ2n) is 17.6. The fourth-order valence-corrected chi connectivity index (χ4v) is 6.85. The van der Waals surface area contributed by atoms with Crippen molar-refractivity contribution in [3.63, 3.8) is 0 Å². The average molecular weight is 853 g/mol. The third-order valence-corrected chi connectivity index (χ3v) is 11.3. The number of carbonyl (C=O) groups is 2. The van der Waals surface area contributed by atoms with Crippen LogP contribution in [0.5, 0.6) is 0 Å². The molecular formula is C52H96CaN2O4. The summed E-state index contributed by atoms with van der Waals surface area (Å²) in [7, 11) is 0. The molecule has 6 nitrogen and oxygen atoms in total. The van der Waals surface area contributed by atoms with Crippen LogP contribution in [0.15, 0.2) is 48.6 Å². The van der Waals surface area contributed by atoms with E-state index >= 15 is 0 Å². The molecule has 0 aliphatic rings. The molecule has 59 heavy (non-hydrogen) atoms. The van der Waals surface area contributed by atoms with Gasteiger partial charge in [-0.05, 0) is 153 Å². The van der Waals surface area contributed by atoms with Gasteiger partial charge in [-0.2, -0.15) is 0 Å². The van der Waals surface area contributed by atoms with E-state index in [9.17, 15) is 19.8 Å². The number of allylic oxidation sites excluding steroid dienone is 8. The monoisotopic (exact) mass is 853 g/mol. The van der Waals surface area contributed by atoms with Crippen LogP contribution in [0.2, 0.25) is 0 Å². The summed E-state index contributed by atoms with van der Waals surface area (Å²) in [6.45, 7) is 21.6. The Bertz CT molecular complexity index is 884. The van der Waals surface area contributed by atoms with Crippen LogP contribution >= 0.6 is 0 Å². The molecule has 0 aromatic rings. The first-order valence-corrected chi connectivity index (χ1v) is 24.4. The molecule has 0 spiro atoms. The molecule has 0 bridgehead atoms. The van der Waals surface area contributed by atoms with Crippen molar-refractivity contribution >= 4 is 49.7 Å². The minimum Gasteiger partial charge on any atom is -0.549 e. The van der Waals surface area contributed by atoms with Crippen molar-refractivity contribution in [1.29, 1.82) is 0 Å². The Morgan fingerprint density at radius 1 is 0.390 bits per heavy atom. The van der Waals surface area contributed by atoms with Crippen LogP contribution in [-0.2, 0) is 9.59 Å². The van der Waals surface area contributed by atoms with Crippen molar-refractivity contribution in [2.75, 3.05) is 39.3 Å². The van der Waals surface area contributed by atoms with E-state index in [2.05, 4.69) is 114 Å². The molecule has 340 valence electrons. The van der Waals surface area contributed by atoms with Gasteiger partial charge in [-0.25, -0.2) is 0 Å². The summed E-state index contributed by atoms with van der Waals surface area (Å²) in [5.74, 6) is 0.592. The zero-order chi connectivity index (χ0) is 43.5. The summed E-state index contributed by atoms with van der Waals surface area (Å²) < 4.78 is 0. The second-order valence-corrected chi connectivity index (χ2v) is 17.6. The molecule has 0 aliphatic heterocycles. The van der Waals surface area contributed by atoms with Crippen LogP contribution in [0, 0.1) is 23.7 Å². The molecule has 0 amide bonds. The molecule has 0 heterocycles. The molecule has 0 rings (SSSR count). The summed E-state index contributed by atoms with van der Waals surface area (Å²) in [5, 5.41) is 22.2. The topological polar surface area (TPSA) is 86.7 Å². The number of unbranched alkanes of at least 4 members (excludes halogenated alkanes) is 8. The van der Waals surface area contributed by atoms with Gasteiger partial charge in [-0.15, -0.1) is 0 Å². The minimum absolute atomic E-state index is 0. The molecule has 0 saturated carbocycles. The Labute approximate surface area is 397 Å². The van der Waals surface area contributed by atoms with Gasteiger partial charge in [0.25, 0.3) is 0 Å². The van der Waals surface area contributed by atoms with Crippen LogP contribution in [-0.4, -0.2) is 98.7 Å². The van der Waals surface area contributed by atoms with Gasteiger partial charge in [0.1, 0.15) is 0 Å². The first-order valence-electron chi connectivity index (χ1n) is 24.4. The zero-order valence-corrected chi connectivity index (χ0v) is 42.6. The van der Waals surface area contributed by atoms with Crippen molar-refractivity contribution < 1.29 is 19.8 Å². The fraction of sp³-hybridized carbons (Fsp3) is 0.808. The predicted molar refractivity (Wildman–Crippen MR) is 255 cm³/mol. The molecular weight excluding hydrogens is 757 g/mol. The Balaban J connectivity index is -0.00000105.